The number of esters is 1. The van der Waals surface area contributed by atoms with E-state index in [4.69, 9.17) is 0 Å². The zero-order valence-electron chi connectivity index (χ0n) is 7.89. The maximum atomic E-state index is 12.5. The normalized spacial score (nSPS) is 31.8. The molecule has 0 aromatic rings. The molecule has 1 N–H and O–H groups in total. The molecule has 3 nitrogen and oxygen atoms in total. The Balaban J connectivity index is 2.89. The molecule has 1 aliphatic heterocycles. The van der Waals surface area contributed by atoms with Gasteiger partial charge >= 0.3 is 5.97 Å². The molecule has 1 unspecified atom stereocenters. The van der Waals surface area contributed by atoms with E-state index in [-0.39, 0.29) is 5.97 Å². The fourth-order valence-electron chi connectivity index (χ4n) is 1.55. The molecule has 1 rings (SSSR count). The van der Waals surface area contributed by atoms with Gasteiger partial charge in [-0.1, -0.05) is 0 Å². The molecule has 0 aliphatic carbocycles. The van der Waals surface area contributed by atoms with E-state index in [2.05, 4.69) is 10.1 Å². The molecule has 74 valence electrons. The SMILES string of the molecule is COC(=O)C1(C)CNCCC1=CF. The molecule has 1 fully saturated rings. The summed E-state index contributed by atoms with van der Waals surface area (Å²) in [6, 6.07) is 0. The Hall–Kier alpha value is -0.900. The number of hydrogen-bond acceptors (Lipinski definition) is 3. The maximum absolute atomic E-state index is 12.5. The van der Waals surface area contributed by atoms with Crippen molar-refractivity contribution in [2.24, 2.45) is 5.41 Å². The Kier molecular flexibility index (Phi) is 3.03. The summed E-state index contributed by atoms with van der Waals surface area (Å²) in [6.45, 7) is 2.84. The third kappa shape index (κ3) is 1.72. The largest absolute Gasteiger partial charge is 0.468 e. The highest BCUT2D eigenvalue weighted by molar-refractivity contribution is 5.80. The van der Waals surface area contributed by atoms with Crippen molar-refractivity contribution >= 4 is 5.97 Å². The Morgan fingerprint density at radius 3 is 3.00 bits per heavy atom. The minimum atomic E-state index is -0.832. The van der Waals surface area contributed by atoms with E-state index in [1.165, 1.54) is 7.11 Å². The smallest absolute Gasteiger partial charge is 0.317 e. The van der Waals surface area contributed by atoms with E-state index >= 15 is 0 Å². The number of halogens is 1. The third-order valence-electron chi connectivity index (χ3n) is 2.53. The molecular formula is C9H14FNO2. The topological polar surface area (TPSA) is 38.3 Å². The lowest BCUT2D eigenvalue weighted by Gasteiger charge is -2.33. The van der Waals surface area contributed by atoms with Gasteiger partial charge in [0.15, 0.2) is 0 Å². The first-order chi connectivity index (χ1) is 6.15. The van der Waals surface area contributed by atoms with Gasteiger partial charge in [-0.05, 0) is 25.5 Å². The monoisotopic (exact) mass is 187 g/mol. The molecule has 0 amide bonds. The first-order valence-corrected chi connectivity index (χ1v) is 4.24. The van der Waals surface area contributed by atoms with Crippen LogP contribution in [0.1, 0.15) is 13.3 Å². The Morgan fingerprint density at radius 2 is 2.46 bits per heavy atom. The highest BCUT2D eigenvalue weighted by Gasteiger charge is 2.40. The van der Waals surface area contributed by atoms with Crippen LogP contribution in [0.3, 0.4) is 0 Å². The minimum Gasteiger partial charge on any atom is -0.468 e. The summed E-state index contributed by atoms with van der Waals surface area (Å²) in [6.07, 6.45) is 1.08. The lowest BCUT2D eigenvalue weighted by Crippen LogP contribution is -2.45. The average Bonchev–Trinajstić information content (AvgIpc) is 2.17. The zero-order valence-corrected chi connectivity index (χ0v) is 7.89. The van der Waals surface area contributed by atoms with E-state index < -0.39 is 5.41 Å². The van der Waals surface area contributed by atoms with Crippen LogP contribution in [0.25, 0.3) is 0 Å². The molecular weight excluding hydrogens is 173 g/mol. The molecule has 4 heteroatoms. The number of hydrogen-bond donors (Lipinski definition) is 1. The summed E-state index contributed by atoms with van der Waals surface area (Å²) in [7, 11) is 1.32. The van der Waals surface area contributed by atoms with Gasteiger partial charge in [-0.25, -0.2) is 4.39 Å². The molecule has 0 aromatic carbocycles. The van der Waals surface area contributed by atoms with Gasteiger partial charge in [-0.2, -0.15) is 0 Å². The predicted molar refractivity (Wildman–Crippen MR) is 46.8 cm³/mol. The van der Waals surface area contributed by atoms with Crippen LogP contribution >= 0.6 is 0 Å². The van der Waals surface area contributed by atoms with Crippen LogP contribution in [0.15, 0.2) is 11.9 Å². The second kappa shape index (κ2) is 3.87. The number of nitrogens with one attached hydrogen (secondary N) is 1. The van der Waals surface area contributed by atoms with Crippen molar-refractivity contribution in [3.8, 4) is 0 Å². The molecule has 0 saturated carbocycles. The first-order valence-electron chi connectivity index (χ1n) is 4.24. The fourth-order valence-corrected chi connectivity index (χ4v) is 1.55. The first kappa shape index (κ1) is 10.2. The van der Waals surface area contributed by atoms with Gasteiger partial charge in [0.05, 0.1) is 13.4 Å². The van der Waals surface area contributed by atoms with Crippen molar-refractivity contribution in [1.29, 1.82) is 0 Å². The summed E-state index contributed by atoms with van der Waals surface area (Å²) >= 11 is 0. The standard InChI is InChI=1S/C9H14FNO2/c1-9(8(12)13-2)6-11-4-3-7(9)5-10/h5,11H,3-4,6H2,1-2H3. The van der Waals surface area contributed by atoms with Crippen LogP contribution in [0.2, 0.25) is 0 Å². The van der Waals surface area contributed by atoms with E-state index in [0.29, 0.717) is 31.4 Å². The van der Waals surface area contributed by atoms with Crippen molar-refractivity contribution in [2.75, 3.05) is 20.2 Å². The van der Waals surface area contributed by atoms with Crippen LogP contribution in [0, 0.1) is 5.41 Å². The summed E-state index contributed by atoms with van der Waals surface area (Å²) in [4.78, 5) is 11.4. The molecule has 0 aromatic heterocycles. The van der Waals surface area contributed by atoms with Crippen molar-refractivity contribution in [3.63, 3.8) is 0 Å². The van der Waals surface area contributed by atoms with Gasteiger partial charge in [-0.3, -0.25) is 4.79 Å². The number of carbonyl (C=O) groups excluding carboxylic acids is 1. The van der Waals surface area contributed by atoms with Crippen LogP contribution in [-0.4, -0.2) is 26.2 Å². The van der Waals surface area contributed by atoms with Gasteiger partial charge < -0.3 is 10.1 Å². The Labute approximate surface area is 77.0 Å². The third-order valence-corrected chi connectivity index (χ3v) is 2.53. The lowest BCUT2D eigenvalue weighted by atomic mass is 9.78. The van der Waals surface area contributed by atoms with Crippen LogP contribution in [0.5, 0.6) is 0 Å². The van der Waals surface area contributed by atoms with Crippen LogP contribution < -0.4 is 5.32 Å². The number of ether oxygens (including phenoxy) is 1. The lowest BCUT2D eigenvalue weighted by molar-refractivity contribution is -0.149. The number of piperidine rings is 1. The van der Waals surface area contributed by atoms with Crippen molar-refractivity contribution in [3.05, 3.63) is 11.9 Å². The Bertz CT molecular complexity index is 240. The van der Waals surface area contributed by atoms with Crippen molar-refractivity contribution in [2.45, 2.75) is 13.3 Å². The minimum absolute atomic E-state index is 0.386. The van der Waals surface area contributed by atoms with E-state index in [9.17, 15) is 9.18 Å². The molecule has 1 atom stereocenters. The van der Waals surface area contributed by atoms with E-state index in [0.717, 1.165) is 0 Å². The van der Waals surface area contributed by atoms with Gasteiger partial charge in [0.1, 0.15) is 5.41 Å². The van der Waals surface area contributed by atoms with E-state index in [1.54, 1.807) is 6.92 Å². The summed E-state index contributed by atoms with van der Waals surface area (Å²) in [5.74, 6) is -0.386. The summed E-state index contributed by atoms with van der Waals surface area (Å²) < 4.78 is 17.1. The maximum Gasteiger partial charge on any atom is 0.317 e. The number of methoxy groups -OCH3 is 1. The zero-order chi connectivity index (χ0) is 9.90. The van der Waals surface area contributed by atoms with Gasteiger partial charge in [0.25, 0.3) is 0 Å². The molecule has 1 heterocycles. The molecule has 0 spiro atoms. The van der Waals surface area contributed by atoms with Crippen LogP contribution in [0.4, 0.5) is 4.39 Å². The second-order valence-electron chi connectivity index (χ2n) is 3.38. The molecule has 0 radical (unpaired) electrons. The quantitative estimate of drug-likeness (QED) is 0.623. The second-order valence-corrected chi connectivity index (χ2v) is 3.38. The number of rotatable bonds is 1. The van der Waals surface area contributed by atoms with Crippen LogP contribution in [-0.2, 0) is 9.53 Å². The molecule has 0 bridgehead atoms. The van der Waals surface area contributed by atoms with Gasteiger partial charge in [0, 0.05) is 6.54 Å². The van der Waals surface area contributed by atoms with E-state index in [1.807, 2.05) is 0 Å². The summed E-state index contributed by atoms with van der Waals surface area (Å²) in [5, 5.41) is 3.05. The summed E-state index contributed by atoms with van der Waals surface area (Å²) in [5.41, 5.74) is -0.319. The number of carbonyl (C=O) groups is 1. The fraction of sp³-hybridized carbons (Fsp3) is 0.667. The highest BCUT2D eigenvalue weighted by Crippen LogP contribution is 2.32. The highest BCUT2D eigenvalue weighted by atomic mass is 19.1. The molecule has 1 aliphatic rings. The molecule has 1 saturated heterocycles. The average molecular weight is 187 g/mol. The van der Waals surface area contributed by atoms with Crippen molar-refractivity contribution < 1.29 is 13.9 Å². The Morgan fingerprint density at radius 1 is 1.77 bits per heavy atom. The van der Waals surface area contributed by atoms with Gasteiger partial charge in [0.2, 0.25) is 0 Å². The van der Waals surface area contributed by atoms with Crippen molar-refractivity contribution in [1.82, 2.24) is 5.32 Å². The predicted octanol–water partition coefficient (Wildman–Crippen LogP) is 1.01. The molecule has 13 heavy (non-hydrogen) atoms. The van der Waals surface area contributed by atoms with Gasteiger partial charge in [-0.15, -0.1) is 0 Å².